The van der Waals surface area contributed by atoms with Crippen LogP contribution in [0.3, 0.4) is 0 Å². The highest BCUT2D eigenvalue weighted by molar-refractivity contribution is 5.99. The lowest BCUT2D eigenvalue weighted by atomic mass is 10.1. The molecule has 4 rings (SSSR count). The molecule has 2 aromatic carbocycles. The van der Waals surface area contributed by atoms with Gasteiger partial charge in [-0.05, 0) is 36.8 Å². The number of aryl methyl sites for hydroxylation is 1. The summed E-state index contributed by atoms with van der Waals surface area (Å²) in [5.41, 5.74) is 4.51. The van der Waals surface area contributed by atoms with Crippen LogP contribution in [0.25, 0.3) is 17.0 Å². The summed E-state index contributed by atoms with van der Waals surface area (Å²) in [5, 5.41) is 6.73. The van der Waals surface area contributed by atoms with Gasteiger partial charge in [0.1, 0.15) is 5.56 Å². The average Bonchev–Trinajstić information content (AvgIpc) is 3.39. The summed E-state index contributed by atoms with van der Waals surface area (Å²) >= 11 is 0. The fraction of sp³-hybridized carbons (Fsp3) is 0.0909. The van der Waals surface area contributed by atoms with E-state index in [1.165, 1.54) is 6.20 Å². The number of carbonyl (C=O) groups is 1. The summed E-state index contributed by atoms with van der Waals surface area (Å²) in [6.45, 7) is 2.45. The van der Waals surface area contributed by atoms with Crippen molar-refractivity contribution >= 4 is 5.91 Å². The second-order valence-corrected chi connectivity index (χ2v) is 6.37. The van der Waals surface area contributed by atoms with Crippen LogP contribution in [0.15, 0.2) is 83.8 Å². The molecule has 5 heteroatoms. The summed E-state index contributed by atoms with van der Waals surface area (Å²) in [4.78, 5) is 12.6. The molecule has 4 aromatic rings. The zero-order chi connectivity index (χ0) is 18.6. The molecule has 1 N–H and O–H groups in total. The van der Waals surface area contributed by atoms with Gasteiger partial charge in [-0.25, -0.2) is 0 Å². The Hall–Kier alpha value is -3.60. The Kier molecular flexibility index (Phi) is 4.58. The third-order valence-corrected chi connectivity index (χ3v) is 4.42. The molecule has 0 atom stereocenters. The van der Waals surface area contributed by atoms with Crippen LogP contribution in [0.1, 0.15) is 21.5 Å². The zero-order valence-electron chi connectivity index (χ0n) is 14.9. The van der Waals surface area contributed by atoms with Crippen LogP contribution in [0.5, 0.6) is 0 Å². The maximum absolute atomic E-state index is 12.6. The number of hydrogen-bond donors (Lipinski definition) is 1. The quantitative estimate of drug-likeness (QED) is 0.577. The minimum absolute atomic E-state index is 0.207. The first kappa shape index (κ1) is 16.8. The van der Waals surface area contributed by atoms with Crippen molar-refractivity contribution in [1.82, 2.24) is 15.0 Å². The van der Waals surface area contributed by atoms with Crippen molar-refractivity contribution in [3.63, 3.8) is 0 Å². The topological polar surface area (TPSA) is 60.1 Å². The van der Waals surface area contributed by atoms with Gasteiger partial charge in [-0.2, -0.15) is 0 Å². The van der Waals surface area contributed by atoms with Gasteiger partial charge in [0.05, 0.1) is 6.20 Å². The Labute approximate surface area is 157 Å². The Morgan fingerprint density at radius 3 is 2.44 bits per heavy atom. The number of rotatable bonds is 5. The largest absolute Gasteiger partial charge is 0.355 e. The molecule has 0 aliphatic heterocycles. The number of aromatic nitrogens is 2. The van der Waals surface area contributed by atoms with E-state index in [0.717, 1.165) is 22.4 Å². The Bertz CT molecular complexity index is 1030. The molecule has 0 aliphatic carbocycles. The molecule has 27 heavy (non-hydrogen) atoms. The lowest BCUT2D eigenvalue weighted by Gasteiger charge is -2.07. The maximum Gasteiger partial charge on any atom is 0.257 e. The van der Waals surface area contributed by atoms with Crippen molar-refractivity contribution in [1.29, 1.82) is 0 Å². The molecule has 0 bridgehead atoms. The fourth-order valence-corrected chi connectivity index (χ4v) is 2.88. The van der Waals surface area contributed by atoms with Gasteiger partial charge in [-0.1, -0.05) is 47.1 Å². The Morgan fingerprint density at radius 2 is 1.74 bits per heavy atom. The molecule has 0 aliphatic rings. The third-order valence-electron chi connectivity index (χ3n) is 4.42. The molecule has 5 nitrogen and oxygen atoms in total. The van der Waals surface area contributed by atoms with Crippen LogP contribution in [-0.2, 0) is 6.54 Å². The lowest BCUT2D eigenvalue weighted by molar-refractivity contribution is 0.0951. The first-order valence-electron chi connectivity index (χ1n) is 8.73. The summed E-state index contributed by atoms with van der Waals surface area (Å²) in [5.74, 6) is 0.275. The average molecular weight is 357 g/mol. The van der Waals surface area contributed by atoms with E-state index in [4.69, 9.17) is 4.52 Å². The Balaban J connectivity index is 1.44. The minimum atomic E-state index is -0.207. The second kappa shape index (κ2) is 7.33. The number of hydrogen-bond acceptors (Lipinski definition) is 3. The first-order valence-corrected chi connectivity index (χ1v) is 8.73. The van der Waals surface area contributed by atoms with Gasteiger partial charge in [0, 0.05) is 30.2 Å². The van der Waals surface area contributed by atoms with Crippen molar-refractivity contribution < 1.29 is 9.32 Å². The van der Waals surface area contributed by atoms with Gasteiger partial charge in [0.15, 0.2) is 5.76 Å². The molecule has 0 unspecified atom stereocenters. The van der Waals surface area contributed by atoms with Crippen molar-refractivity contribution in [3.05, 3.63) is 95.9 Å². The van der Waals surface area contributed by atoms with E-state index >= 15 is 0 Å². The molecular weight excluding hydrogens is 338 g/mol. The van der Waals surface area contributed by atoms with Crippen LogP contribution in [-0.4, -0.2) is 15.6 Å². The number of carbonyl (C=O) groups excluding carboxylic acids is 1. The molecule has 0 saturated carbocycles. The highest BCUT2D eigenvalue weighted by Crippen LogP contribution is 2.24. The highest BCUT2D eigenvalue weighted by Gasteiger charge is 2.17. The highest BCUT2D eigenvalue weighted by atomic mass is 16.5. The minimum Gasteiger partial charge on any atom is -0.355 e. The van der Waals surface area contributed by atoms with Crippen molar-refractivity contribution in [2.45, 2.75) is 13.5 Å². The van der Waals surface area contributed by atoms with Crippen molar-refractivity contribution in [2.75, 3.05) is 0 Å². The van der Waals surface area contributed by atoms with Gasteiger partial charge in [0.25, 0.3) is 5.91 Å². The van der Waals surface area contributed by atoms with Gasteiger partial charge in [-0.3, -0.25) is 4.79 Å². The van der Waals surface area contributed by atoms with Crippen LogP contribution in [0.4, 0.5) is 0 Å². The van der Waals surface area contributed by atoms with E-state index in [-0.39, 0.29) is 5.91 Å². The fourth-order valence-electron chi connectivity index (χ4n) is 2.88. The maximum atomic E-state index is 12.6. The molecule has 1 amide bonds. The first-order chi connectivity index (χ1) is 13.2. The van der Waals surface area contributed by atoms with E-state index in [1.807, 2.05) is 84.5 Å². The van der Waals surface area contributed by atoms with Gasteiger partial charge in [0.2, 0.25) is 0 Å². The van der Waals surface area contributed by atoms with E-state index in [2.05, 4.69) is 10.5 Å². The van der Waals surface area contributed by atoms with Crippen LogP contribution in [0.2, 0.25) is 0 Å². The SMILES string of the molecule is Cc1ccc(-c2oncc2C(=O)NCc2ccc(-n3cccc3)cc2)cc1. The van der Waals surface area contributed by atoms with E-state index < -0.39 is 0 Å². The Morgan fingerprint density at radius 1 is 1.04 bits per heavy atom. The van der Waals surface area contributed by atoms with Gasteiger partial charge < -0.3 is 14.4 Å². The smallest absolute Gasteiger partial charge is 0.257 e. The van der Waals surface area contributed by atoms with E-state index in [0.29, 0.717) is 17.9 Å². The number of nitrogens with zero attached hydrogens (tertiary/aromatic N) is 2. The molecule has 134 valence electrons. The molecule has 0 spiro atoms. The van der Waals surface area contributed by atoms with Crippen LogP contribution < -0.4 is 5.32 Å². The van der Waals surface area contributed by atoms with Crippen LogP contribution >= 0.6 is 0 Å². The molecular formula is C22H19N3O2. The second-order valence-electron chi connectivity index (χ2n) is 6.37. The van der Waals surface area contributed by atoms with E-state index in [9.17, 15) is 4.79 Å². The molecule has 2 aromatic heterocycles. The predicted octanol–water partition coefficient (Wildman–Crippen LogP) is 4.37. The summed E-state index contributed by atoms with van der Waals surface area (Å²) in [7, 11) is 0. The zero-order valence-corrected chi connectivity index (χ0v) is 14.9. The van der Waals surface area contributed by atoms with Crippen molar-refractivity contribution in [2.24, 2.45) is 0 Å². The lowest BCUT2D eigenvalue weighted by Crippen LogP contribution is -2.22. The van der Waals surface area contributed by atoms with E-state index in [1.54, 1.807) is 0 Å². The predicted molar refractivity (Wildman–Crippen MR) is 104 cm³/mol. The van der Waals surface area contributed by atoms with Crippen LogP contribution in [0, 0.1) is 6.92 Å². The monoisotopic (exact) mass is 357 g/mol. The summed E-state index contributed by atoms with van der Waals surface area (Å²) in [6, 6.07) is 19.8. The van der Waals surface area contributed by atoms with Gasteiger partial charge >= 0.3 is 0 Å². The van der Waals surface area contributed by atoms with Gasteiger partial charge in [-0.15, -0.1) is 0 Å². The normalized spacial score (nSPS) is 10.7. The molecule has 0 radical (unpaired) electrons. The number of benzene rings is 2. The van der Waals surface area contributed by atoms with Crippen molar-refractivity contribution in [3.8, 4) is 17.0 Å². The summed E-state index contributed by atoms with van der Waals surface area (Å²) in [6.07, 6.45) is 5.45. The standard InChI is InChI=1S/C22H19N3O2/c1-16-4-8-18(9-5-16)21-20(15-24-27-21)22(26)23-14-17-6-10-19(11-7-17)25-12-2-3-13-25/h2-13,15H,14H2,1H3,(H,23,26). The number of amides is 1. The molecule has 0 saturated heterocycles. The summed E-state index contributed by atoms with van der Waals surface area (Å²) < 4.78 is 7.34. The third kappa shape index (κ3) is 3.67. The molecule has 2 heterocycles. The number of nitrogens with one attached hydrogen (secondary N) is 1. The molecule has 0 fully saturated rings.